The van der Waals surface area contributed by atoms with E-state index < -0.39 is 6.10 Å². The molecule has 0 bridgehead atoms. The summed E-state index contributed by atoms with van der Waals surface area (Å²) in [6, 6.07) is 0. The monoisotopic (exact) mass is 941 g/mol. The van der Waals surface area contributed by atoms with E-state index in [1.165, 1.54) is 205 Å². The number of carbonyl (C=O) groups excluding carboxylic acids is 3. The molecule has 0 aliphatic rings. The molecule has 1 unspecified atom stereocenters. The summed E-state index contributed by atoms with van der Waals surface area (Å²) in [5.74, 6) is -0.869. The molecule has 0 heterocycles. The van der Waals surface area contributed by atoms with Crippen molar-refractivity contribution in [3.05, 3.63) is 36.5 Å². The fourth-order valence-electron chi connectivity index (χ4n) is 8.63. The zero-order valence-corrected chi connectivity index (χ0v) is 44.9. The second-order valence-electron chi connectivity index (χ2n) is 19.9. The Hall–Kier alpha value is -2.37. The van der Waals surface area contributed by atoms with Crippen LogP contribution >= 0.6 is 0 Å². The summed E-state index contributed by atoms with van der Waals surface area (Å²) in [6.45, 7) is 6.62. The minimum atomic E-state index is -0.774. The highest BCUT2D eigenvalue weighted by molar-refractivity contribution is 5.71. The number of esters is 3. The van der Waals surface area contributed by atoms with E-state index in [-0.39, 0.29) is 31.1 Å². The molecule has 0 aromatic rings. The number of hydrogen-bond acceptors (Lipinski definition) is 6. The minimum absolute atomic E-state index is 0.0735. The topological polar surface area (TPSA) is 78.9 Å². The quantitative estimate of drug-likeness (QED) is 0.0262. The van der Waals surface area contributed by atoms with Crippen molar-refractivity contribution in [2.24, 2.45) is 0 Å². The molecule has 0 aliphatic carbocycles. The van der Waals surface area contributed by atoms with Gasteiger partial charge in [-0.2, -0.15) is 0 Å². The SMILES string of the molecule is CCCC/C=C\CCCCCCCC(=O)OCC(COC(=O)CCCCCCCCCCC/C=C\C/C=C\CCCCCCC)OC(=O)CCCCCCCCCCCCCCCCCCC. The molecule has 0 aromatic heterocycles. The Balaban J connectivity index is 4.28. The minimum Gasteiger partial charge on any atom is -0.462 e. The fraction of sp³-hybridized carbons (Fsp3) is 0.852. The van der Waals surface area contributed by atoms with Crippen LogP contribution in [0, 0.1) is 0 Å². The van der Waals surface area contributed by atoms with E-state index >= 15 is 0 Å². The van der Waals surface area contributed by atoms with Crippen molar-refractivity contribution in [1.29, 1.82) is 0 Å². The highest BCUT2D eigenvalue weighted by Gasteiger charge is 2.19. The first-order chi connectivity index (χ1) is 33.0. The van der Waals surface area contributed by atoms with Crippen molar-refractivity contribution in [2.45, 2.75) is 322 Å². The van der Waals surface area contributed by atoms with Crippen LogP contribution < -0.4 is 0 Å². The average molecular weight is 942 g/mol. The third-order valence-corrected chi connectivity index (χ3v) is 13.1. The first-order valence-electron chi connectivity index (χ1n) is 29.5. The Morgan fingerprint density at radius 2 is 0.552 bits per heavy atom. The number of hydrogen-bond donors (Lipinski definition) is 0. The Morgan fingerprint density at radius 1 is 0.299 bits per heavy atom. The van der Waals surface area contributed by atoms with E-state index in [9.17, 15) is 14.4 Å². The molecule has 1 atom stereocenters. The molecule has 0 saturated heterocycles. The van der Waals surface area contributed by atoms with E-state index in [1.807, 2.05) is 0 Å². The summed E-state index contributed by atoms with van der Waals surface area (Å²) >= 11 is 0. The molecule has 0 amide bonds. The van der Waals surface area contributed by atoms with Crippen LogP contribution in [0.25, 0.3) is 0 Å². The van der Waals surface area contributed by atoms with Gasteiger partial charge in [-0.25, -0.2) is 0 Å². The molecular weight excluding hydrogens is 829 g/mol. The zero-order valence-electron chi connectivity index (χ0n) is 44.9. The van der Waals surface area contributed by atoms with Gasteiger partial charge in [-0.1, -0.05) is 263 Å². The molecule has 0 spiro atoms. The van der Waals surface area contributed by atoms with Gasteiger partial charge < -0.3 is 14.2 Å². The standard InChI is InChI=1S/C61H112O6/c1-4-7-10-13-16-19-22-24-26-28-29-30-31-33-34-36-39-42-45-48-51-54-60(63)66-57-58(56-65-59(62)53-50-47-44-41-38-21-18-15-12-9-6-3)67-61(64)55-52-49-46-43-40-37-35-32-27-25-23-20-17-14-11-8-5-2/h15,18,22,24,28-29,58H,4-14,16-17,19-21,23,25-27,30-57H2,1-3H3/b18-15-,24-22-,29-28-. The molecule has 0 saturated carbocycles. The highest BCUT2D eigenvalue weighted by atomic mass is 16.6. The third-order valence-electron chi connectivity index (χ3n) is 13.1. The molecule has 0 aromatic carbocycles. The second-order valence-corrected chi connectivity index (χ2v) is 19.9. The van der Waals surface area contributed by atoms with Gasteiger partial charge in [-0.05, 0) is 70.6 Å². The molecule has 0 rings (SSSR count). The van der Waals surface area contributed by atoms with Gasteiger partial charge in [0.05, 0.1) is 0 Å². The Morgan fingerprint density at radius 3 is 0.881 bits per heavy atom. The molecule has 6 heteroatoms. The summed E-state index contributed by atoms with van der Waals surface area (Å²) in [5.41, 5.74) is 0. The Bertz CT molecular complexity index is 1130. The largest absolute Gasteiger partial charge is 0.462 e. The van der Waals surface area contributed by atoms with Crippen molar-refractivity contribution < 1.29 is 28.6 Å². The third kappa shape index (κ3) is 54.4. The fourth-order valence-corrected chi connectivity index (χ4v) is 8.63. The molecule has 67 heavy (non-hydrogen) atoms. The zero-order chi connectivity index (χ0) is 48.6. The van der Waals surface area contributed by atoms with Crippen LogP contribution in [0.2, 0.25) is 0 Å². The first-order valence-corrected chi connectivity index (χ1v) is 29.5. The lowest BCUT2D eigenvalue weighted by Crippen LogP contribution is -2.30. The smallest absolute Gasteiger partial charge is 0.306 e. The van der Waals surface area contributed by atoms with Crippen LogP contribution in [0.1, 0.15) is 316 Å². The Kier molecular flexibility index (Phi) is 54.2. The molecule has 0 N–H and O–H groups in total. The summed E-state index contributed by atoms with van der Waals surface area (Å²) < 4.78 is 16.9. The van der Waals surface area contributed by atoms with Crippen LogP contribution in [-0.2, 0) is 28.6 Å². The van der Waals surface area contributed by atoms with Gasteiger partial charge in [-0.3, -0.25) is 14.4 Å². The van der Waals surface area contributed by atoms with Crippen LogP contribution in [0.4, 0.5) is 0 Å². The van der Waals surface area contributed by atoms with E-state index in [0.717, 1.165) is 70.6 Å². The van der Waals surface area contributed by atoms with Crippen molar-refractivity contribution in [3.63, 3.8) is 0 Å². The molecule has 6 nitrogen and oxygen atoms in total. The summed E-state index contributed by atoms with van der Waals surface area (Å²) in [6.07, 6.45) is 67.1. The van der Waals surface area contributed by atoms with Gasteiger partial charge in [0.2, 0.25) is 0 Å². The lowest BCUT2D eigenvalue weighted by atomic mass is 10.0. The maximum absolute atomic E-state index is 12.8. The van der Waals surface area contributed by atoms with E-state index in [0.29, 0.717) is 19.3 Å². The number of allylic oxidation sites excluding steroid dienone is 6. The van der Waals surface area contributed by atoms with Crippen LogP contribution in [0.3, 0.4) is 0 Å². The average Bonchev–Trinajstić information content (AvgIpc) is 3.33. The van der Waals surface area contributed by atoms with Crippen LogP contribution in [0.5, 0.6) is 0 Å². The molecule has 392 valence electrons. The second kappa shape index (κ2) is 56.2. The van der Waals surface area contributed by atoms with E-state index in [2.05, 4.69) is 57.2 Å². The maximum atomic E-state index is 12.8. The van der Waals surface area contributed by atoms with Gasteiger partial charge in [0.25, 0.3) is 0 Å². The predicted octanol–water partition coefficient (Wildman–Crippen LogP) is 19.7. The van der Waals surface area contributed by atoms with Crippen molar-refractivity contribution in [3.8, 4) is 0 Å². The predicted molar refractivity (Wildman–Crippen MR) is 289 cm³/mol. The van der Waals surface area contributed by atoms with Gasteiger partial charge >= 0.3 is 17.9 Å². The summed E-state index contributed by atoms with van der Waals surface area (Å²) in [5, 5.41) is 0. The van der Waals surface area contributed by atoms with Gasteiger partial charge in [0, 0.05) is 19.3 Å². The van der Waals surface area contributed by atoms with Gasteiger partial charge in [0.1, 0.15) is 13.2 Å². The van der Waals surface area contributed by atoms with E-state index in [1.54, 1.807) is 0 Å². The highest BCUT2D eigenvalue weighted by Crippen LogP contribution is 2.17. The molecule has 0 fully saturated rings. The number of carbonyl (C=O) groups is 3. The van der Waals surface area contributed by atoms with Gasteiger partial charge in [-0.15, -0.1) is 0 Å². The first kappa shape index (κ1) is 64.6. The lowest BCUT2D eigenvalue weighted by molar-refractivity contribution is -0.167. The van der Waals surface area contributed by atoms with Crippen LogP contribution in [0.15, 0.2) is 36.5 Å². The van der Waals surface area contributed by atoms with E-state index in [4.69, 9.17) is 14.2 Å². The Labute approximate surface area is 416 Å². The molecule has 0 radical (unpaired) electrons. The molecular formula is C61H112O6. The molecule has 0 aliphatic heterocycles. The van der Waals surface area contributed by atoms with Crippen LogP contribution in [-0.4, -0.2) is 37.2 Å². The van der Waals surface area contributed by atoms with Gasteiger partial charge in [0.15, 0.2) is 6.10 Å². The summed E-state index contributed by atoms with van der Waals surface area (Å²) in [7, 11) is 0. The number of rotatable bonds is 54. The number of unbranched alkanes of at least 4 members (excludes halogenated alkanes) is 37. The lowest BCUT2D eigenvalue weighted by Gasteiger charge is -2.18. The van der Waals surface area contributed by atoms with Crippen molar-refractivity contribution in [1.82, 2.24) is 0 Å². The van der Waals surface area contributed by atoms with Crippen molar-refractivity contribution in [2.75, 3.05) is 13.2 Å². The van der Waals surface area contributed by atoms with Crippen molar-refractivity contribution >= 4 is 17.9 Å². The normalized spacial score (nSPS) is 12.2. The summed E-state index contributed by atoms with van der Waals surface area (Å²) in [4.78, 5) is 38.1. The maximum Gasteiger partial charge on any atom is 0.306 e. The number of ether oxygens (including phenoxy) is 3.